The molecule has 1 aliphatic carbocycles. The van der Waals surface area contributed by atoms with E-state index in [2.05, 4.69) is 20.8 Å². The number of aromatic nitrogens is 2. The number of likely N-dealkylation sites (tertiary alicyclic amines) is 1. The molecule has 114 valence electrons. The summed E-state index contributed by atoms with van der Waals surface area (Å²) < 4.78 is 0. The van der Waals surface area contributed by atoms with Crippen molar-refractivity contribution in [3.8, 4) is 0 Å². The van der Waals surface area contributed by atoms with Crippen molar-refractivity contribution in [1.29, 1.82) is 0 Å². The summed E-state index contributed by atoms with van der Waals surface area (Å²) in [5, 5.41) is 0.240. The van der Waals surface area contributed by atoms with Gasteiger partial charge in [-0.2, -0.15) is 0 Å². The maximum absolute atomic E-state index is 12.3. The van der Waals surface area contributed by atoms with Crippen molar-refractivity contribution in [3.05, 3.63) is 17.5 Å². The Balaban J connectivity index is 1.57. The summed E-state index contributed by atoms with van der Waals surface area (Å²) in [6.45, 7) is 1.66. The van der Waals surface area contributed by atoms with Crippen LogP contribution in [0, 0.1) is 5.41 Å². The molecule has 2 fully saturated rings. The van der Waals surface area contributed by atoms with Crippen molar-refractivity contribution in [1.82, 2.24) is 20.3 Å². The predicted molar refractivity (Wildman–Crippen MR) is 80.9 cm³/mol. The highest BCUT2D eigenvalue weighted by Gasteiger charge is 2.39. The Labute approximate surface area is 129 Å². The molecule has 2 amide bonds. The number of urea groups is 1. The second kappa shape index (κ2) is 6.05. The normalized spacial score (nSPS) is 20.5. The number of halogens is 1. The second-order valence-electron chi connectivity index (χ2n) is 5.98. The average molecular weight is 310 g/mol. The van der Waals surface area contributed by atoms with Gasteiger partial charge in [0.25, 0.3) is 0 Å². The van der Waals surface area contributed by atoms with Gasteiger partial charge in [-0.15, -0.1) is 0 Å². The van der Waals surface area contributed by atoms with Crippen LogP contribution in [-0.4, -0.2) is 34.0 Å². The summed E-state index contributed by atoms with van der Waals surface area (Å²) in [5.74, 6) is 0.361. The van der Waals surface area contributed by atoms with Gasteiger partial charge in [0.2, 0.25) is 0 Å². The molecular formula is C14H20ClN5O. The zero-order valence-corrected chi connectivity index (χ0v) is 12.7. The molecule has 0 unspecified atom stereocenters. The fraction of sp³-hybridized carbons (Fsp3) is 0.643. The molecule has 0 radical (unpaired) electrons. The van der Waals surface area contributed by atoms with E-state index in [1.165, 1.54) is 44.5 Å². The third-order valence-electron chi connectivity index (χ3n) is 4.55. The van der Waals surface area contributed by atoms with Crippen molar-refractivity contribution >= 4 is 23.4 Å². The predicted octanol–water partition coefficient (Wildman–Crippen LogP) is 2.82. The number of carbonyl (C=O) groups is 1. The van der Waals surface area contributed by atoms with Gasteiger partial charge in [0, 0.05) is 25.5 Å². The molecule has 0 atom stereocenters. The van der Waals surface area contributed by atoms with Crippen molar-refractivity contribution in [2.45, 2.75) is 38.5 Å². The van der Waals surface area contributed by atoms with Gasteiger partial charge in [-0.05, 0) is 31.1 Å². The fourth-order valence-electron chi connectivity index (χ4n) is 3.51. The number of hydrogen-bond donors (Lipinski definition) is 2. The van der Waals surface area contributed by atoms with Crippen LogP contribution in [-0.2, 0) is 0 Å². The minimum atomic E-state index is -0.123. The van der Waals surface area contributed by atoms with Crippen LogP contribution in [0.15, 0.2) is 12.4 Å². The van der Waals surface area contributed by atoms with Crippen LogP contribution in [0.5, 0.6) is 0 Å². The number of carbonyl (C=O) groups excluding carboxylic acids is 1. The van der Waals surface area contributed by atoms with E-state index < -0.39 is 0 Å². The van der Waals surface area contributed by atoms with Gasteiger partial charge < -0.3 is 4.90 Å². The van der Waals surface area contributed by atoms with Gasteiger partial charge in [-0.1, -0.05) is 24.4 Å². The van der Waals surface area contributed by atoms with E-state index >= 15 is 0 Å². The lowest BCUT2D eigenvalue weighted by Crippen LogP contribution is -2.50. The lowest BCUT2D eigenvalue weighted by molar-refractivity contribution is 0.110. The lowest BCUT2D eigenvalue weighted by Gasteiger charge is -2.40. The Kier molecular flexibility index (Phi) is 4.14. The first kappa shape index (κ1) is 14.4. The molecule has 2 aliphatic rings. The quantitative estimate of drug-likeness (QED) is 0.824. The third kappa shape index (κ3) is 3.20. The van der Waals surface area contributed by atoms with E-state index in [-0.39, 0.29) is 11.2 Å². The van der Waals surface area contributed by atoms with E-state index in [1.807, 2.05) is 4.90 Å². The Morgan fingerprint density at radius 3 is 2.67 bits per heavy atom. The SMILES string of the molecule is O=C(NNc1nccnc1Cl)N1CCCC2(CCCC2)C1. The van der Waals surface area contributed by atoms with Gasteiger partial charge in [0.1, 0.15) is 0 Å². The summed E-state index contributed by atoms with van der Waals surface area (Å²) in [7, 11) is 0. The van der Waals surface area contributed by atoms with Crippen LogP contribution >= 0.6 is 11.6 Å². The average Bonchev–Trinajstić information content (AvgIpc) is 2.94. The number of hydrazine groups is 1. The van der Waals surface area contributed by atoms with Crippen molar-refractivity contribution in [3.63, 3.8) is 0 Å². The summed E-state index contributed by atoms with van der Waals surface area (Å²) >= 11 is 5.89. The first-order valence-electron chi connectivity index (χ1n) is 7.46. The van der Waals surface area contributed by atoms with Crippen LogP contribution in [0.4, 0.5) is 10.6 Å². The monoisotopic (exact) mass is 309 g/mol. The minimum absolute atomic E-state index is 0.123. The molecule has 21 heavy (non-hydrogen) atoms. The standard InChI is InChI=1S/C14H20ClN5O/c15-11-12(17-8-7-16-11)18-19-13(21)20-9-3-6-14(10-20)4-1-2-5-14/h7-8H,1-6,9-10H2,(H,17,18)(H,19,21). The molecule has 1 saturated carbocycles. The highest BCUT2D eigenvalue weighted by Crippen LogP contribution is 2.44. The molecule has 0 aromatic carbocycles. The van der Waals surface area contributed by atoms with E-state index in [4.69, 9.17) is 11.6 Å². The second-order valence-corrected chi connectivity index (χ2v) is 6.34. The Morgan fingerprint density at radius 1 is 1.19 bits per heavy atom. The minimum Gasteiger partial charge on any atom is -0.323 e. The number of nitrogens with zero attached hydrogens (tertiary/aromatic N) is 3. The van der Waals surface area contributed by atoms with E-state index in [0.717, 1.165) is 19.5 Å². The number of nitrogens with one attached hydrogen (secondary N) is 2. The van der Waals surface area contributed by atoms with Crippen LogP contribution < -0.4 is 10.9 Å². The molecule has 3 rings (SSSR count). The molecule has 1 aromatic heterocycles. The zero-order valence-electron chi connectivity index (χ0n) is 11.9. The number of hydrogen-bond acceptors (Lipinski definition) is 4. The summed E-state index contributed by atoms with van der Waals surface area (Å²) in [6, 6.07) is -0.123. The third-order valence-corrected chi connectivity index (χ3v) is 4.83. The number of anilines is 1. The molecule has 1 spiro atoms. The molecule has 0 bridgehead atoms. The number of rotatable bonds is 2. The highest BCUT2D eigenvalue weighted by atomic mass is 35.5. The van der Waals surface area contributed by atoms with Gasteiger partial charge in [-0.25, -0.2) is 14.8 Å². The van der Waals surface area contributed by atoms with E-state index in [9.17, 15) is 4.79 Å². The lowest BCUT2D eigenvalue weighted by atomic mass is 9.78. The number of piperidine rings is 1. The van der Waals surface area contributed by atoms with Crippen molar-refractivity contribution in [2.24, 2.45) is 5.41 Å². The molecule has 7 heteroatoms. The summed E-state index contributed by atoms with van der Waals surface area (Å²) in [5.41, 5.74) is 5.77. The van der Waals surface area contributed by atoms with Crippen LogP contribution in [0.3, 0.4) is 0 Å². The molecule has 1 aliphatic heterocycles. The zero-order chi connectivity index (χ0) is 14.7. The number of amides is 2. The molecule has 2 N–H and O–H groups in total. The first-order valence-corrected chi connectivity index (χ1v) is 7.84. The Morgan fingerprint density at radius 2 is 1.90 bits per heavy atom. The smallest absolute Gasteiger partial charge is 0.323 e. The van der Waals surface area contributed by atoms with Crippen molar-refractivity contribution < 1.29 is 4.79 Å². The topological polar surface area (TPSA) is 70.1 Å². The highest BCUT2D eigenvalue weighted by molar-refractivity contribution is 6.31. The summed E-state index contributed by atoms with van der Waals surface area (Å²) in [4.78, 5) is 22.1. The Hall–Kier alpha value is -1.56. The van der Waals surface area contributed by atoms with E-state index in [1.54, 1.807) is 0 Å². The maximum atomic E-state index is 12.3. The Bertz CT molecular complexity index is 518. The maximum Gasteiger partial charge on any atom is 0.336 e. The van der Waals surface area contributed by atoms with Gasteiger partial charge >= 0.3 is 6.03 Å². The fourth-order valence-corrected chi connectivity index (χ4v) is 3.66. The molecule has 1 aromatic rings. The summed E-state index contributed by atoms with van der Waals surface area (Å²) in [6.07, 6.45) is 10.4. The van der Waals surface area contributed by atoms with Gasteiger partial charge in [-0.3, -0.25) is 10.9 Å². The van der Waals surface area contributed by atoms with Crippen molar-refractivity contribution in [2.75, 3.05) is 18.5 Å². The van der Waals surface area contributed by atoms with Crippen LogP contribution in [0.25, 0.3) is 0 Å². The molecular weight excluding hydrogens is 290 g/mol. The molecule has 2 heterocycles. The van der Waals surface area contributed by atoms with Crippen LogP contribution in [0.2, 0.25) is 5.15 Å². The first-order chi connectivity index (χ1) is 10.2. The van der Waals surface area contributed by atoms with Crippen LogP contribution in [0.1, 0.15) is 38.5 Å². The van der Waals surface area contributed by atoms with Gasteiger partial charge in [0.15, 0.2) is 11.0 Å². The molecule has 1 saturated heterocycles. The van der Waals surface area contributed by atoms with Gasteiger partial charge in [0.05, 0.1) is 0 Å². The molecule has 6 nitrogen and oxygen atoms in total. The van der Waals surface area contributed by atoms with E-state index in [0.29, 0.717) is 11.2 Å². The largest absolute Gasteiger partial charge is 0.336 e.